The normalized spacial score (nSPS) is 13.1. The van der Waals surface area contributed by atoms with Crippen molar-refractivity contribution in [3.05, 3.63) is 35.9 Å². The number of carbonyl (C=O) groups is 1. The first-order valence-electron chi connectivity index (χ1n) is 7.48. The van der Waals surface area contributed by atoms with Crippen LogP contribution in [0, 0.1) is 0 Å². The summed E-state index contributed by atoms with van der Waals surface area (Å²) in [4.78, 5) is 13.9. The van der Waals surface area contributed by atoms with Crippen molar-refractivity contribution in [3.8, 4) is 0 Å². The van der Waals surface area contributed by atoms with Gasteiger partial charge in [-0.3, -0.25) is 0 Å². The van der Waals surface area contributed by atoms with Crippen molar-refractivity contribution in [3.63, 3.8) is 0 Å². The molecular formula is C17H28N2O2. The van der Waals surface area contributed by atoms with Crippen LogP contribution in [0.5, 0.6) is 0 Å². The number of hydrogen-bond donors (Lipinski definition) is 1. The molecule has 118 valence electrons. The van der Waals surface area contributed by atoms with Crippen LogP contribution < -0.4 is 5.73 Å². The number of hydrogen-bond acceptors (Lipinski definition) is 3. The van der Waals surface area contributed by atoms with Gasteiger partial charge < -0.3 is 15.4 Å². The van der Waals surface area contributed by atoms with Gasteiger partial charge in [0.2, 0.25) is 0 Å². The summed E-state index contributed by atoms with van der Waals surface area (Å²) in [5.41, 5.74) is 6.88. The minimum absolute atomic E-state index is 0.0571. The predicted octanol–water partition coefficient (Wildman–Crippen LogP) is 3.20. The second-order valence-corrected chi connectivity index (χ2v) is 6.68. The van der Waals surface area contributed by atoms with E-state index in [9.17, 15) is 4.79 Å². The molecule has 0 saturated carbocycles. The zero-order valence-electron chi connectivity index (χ0n) is 13.8. The van der Waals surface area contributed by atoms with E-state index < -0.39 is 5.60 Å². The van der Waals surface area contributed by atoms with Crippen molar-refractivity contribution in [2.75, 3.05) is 6.54 Å². The van der Waals surface area contributed by atoms with Gasteiger partial charge in [0.15, 0.2) is 0 Å². The maximum atomic E-state index is 12.2. The summed E-state index contributed by atoms with van der Waals surface area (Å²) in [6.07, 6.45) is 0.438. The van der Waals surface area contributed by atoms with E-state index in [2.05, 4.69) is 0 Å². The van der Waals surface area contributed by atoms with Crippen LogP contribution in [0.4, 0.5) is 4.79 Å². The van der Waals surface area contributed by atoms with Gasteiger partial charge in [0.1, 0.15) is 5.60 Å². The largest absolute Gasteiger partial charge is 0.444 e. The van der Waals surface area contributed by atoms with Crippen LogP contribution in [0.3, 0.4) is 0 Å². The summed E-state index contributed by atoms with van der Waals surface area (Å²) in [5, 5.41) is 0. The fourth-order valence-corrected chi connectivity index (χ4v) is 2.05. The van der Waals surface area contributed by atoms with Crippen LogP contribution in [-0.4, -0.2) is 35.2 Å². The first kappa shape index (κ1) is 17.5. The number of carbonyl (C=O) groups excluding carboxylic acids is 1. The first-order chi connectivity index (χ1) is 9.69. The standard InChI is InChI=1S/C17H28N2O2/c1-13(2)19(16(20)21-17(3,4)5)12-15(18)11-14-9-7-6-8-10-14/h6-10,13,15H,11-12,18H2,1-5H3. The molecule has 1 unspecified atom stereocenters. The fraction of sp³-hybridized carbons (Fsp3) is 0.588. The maximum absolute atomic E-state index is 12.2. The van der Waals surface area contributed by atoms with Crippen molar-refractivity contribution >= 4 is 6.09 Å². The summed E-state index contributed by atoms with van der Waals surface area (Å²) in [6.45, 7) is 10.0. The average molecular weight is 292 g/mol. The van der Waals surface area contributed by atoms with Crippen molar-refractivity contribution < 1.29 is 9.53 Å². The predicted molar refractivity (Wildman–Crippen MR) is 86.2 cm³/mol. The second-order valence-electron chi connectivity index (χ2n) is 6.68. The molecule has 0 heterocycles. The Morgan fingerprint density at radius 2 is 1.81 bits per heavy atom. The molecule has 21 heavy (non-hydrogen) atoms. The van der Waals surface area contributed by atoms with Gasteiger partial charge in [-0.1, -0.05) is 30.3 Å². The molecule has 0 spiro atoms. The van der Waals surface area contributed by atoms with Crippen molar-refractivity contribution in [2.24, 2.45) is 5.73 Å². The monoisotopic (exact) mass is 292 g/mol. The molecule has 0 aliphatic carbocycles. The lowest BCUT2D eigenvalue weighted by Gasteiger charge is -2.32. The van der Waals surface area contributed by atoms with Gasteiger partial charge in [0.05, 0.1) is 0 Å². The minimum atomic E-state index is -0.492. The Kier molecular flexibility index (Phi) is 6.21. The van der Waals surface area contributed by atoms with E-state index in [1.807, 2.05) is 65.0 Å². The molecule has 1 rings (SSSR count). The van der Waals surface area contributed by atoms with Crippen LogP contribution in [0.1, 0.15) is 40.2 Å². The quantitative estimate of drug-likeness (QED) is 0.906. The van der Waals surface area contributed by atoms with Gasteiger partial charge in [0, 0.05) is 18.6 Å². The fourth-order valence-electron chi connectivity index (χ4n) is 2.05. The summed E-state index contributed by atoms with van der Waals surface area (Å²) in [6, 6.07) is 10.0. The SMILES string of the molecule is CC(C)N(CC(N)Cc1ccccc1)C(=O)OC(C)(C)C. The lowest BCUT2D eigenvalue weighted by molar-refractivity contribution is 0.0178. The van der Waals surface area contributed by atoms with Gasteiger partial charge in [0.25, 0.3) is 0 Å². The number of nitrogens with zero attached hydrogens (tertiary/aromatic N) is 1. The molecule has 0 fully saturated rings. The van der Waals surface area contributed by atoms with E-state index in [1.165, 1.54) is 5.56 Å². The van der Waals surface area contributed by atoms with E-state index in [1.54, 1.807) is 4.90 Å². The molecule has 0 radical (unpaired) electrons. The molecule has 1 atom stereocenters. The lowest BCUT2D eigenvalue weighted by atomic mass is 10.1. The molecule has 0 aliphatic rings. The third-order valence-electron chi connectivity index (χ3n) is 3.02. The molecule has 0 bridgehead atoms. The Balaban J connectivity index is 2.63. The van der Waals surface area contributed by atoms with Gasteiger partial charge in [-0.15, -0.1) is 0 Å². The van der Waals surface area contributed by atoms with Crippen LogP contribution in [0.15, 0.2) is 30.3 Å². The van der Waals surface area contributed by atoms with Crippen LogP contribution in [-0.2, 0) is 11.2 Å². The molecule has 1 amide bonds. The highest BCUT2D eigenvalue weighted by Crippen LogP contribution is 2.13. The van der Waals surface area contributed by atoms with E-state index in [0.717, 1.165) is 6.42 Å². The highest BCUT2D eigenvalue weighted by Gasteiger charge is 2.25. The van der Waals surface area contributed by atoms with Gasteiger partial charge in [-0.2, -0.15) is 0 Å². The number of nitrogens with two attached hydrogens (primary N) is 1. The number of ether oxygens (including phenoxy) is 1. The third-order valence-corrected chi connectivity index (χ3v) is 3.02. The van der Waals surface area contributed by atoms with E-state index in [4.69, 9.17) is 10.5 Å². The highest BCUT2D eigenvalue weighted by atomic mass is 16.6. The molecule has 0 aromatic heterocycles. The first-order valence-corrected chi connectivity index (χ1v) is 7.48. The van der Waals surface area contributed by atoms with E-state index in [-0.39, 0.29) is 18.2 Å². The van der Waals surface area contributed by atoms with Gasteiger partial charge in [-0.05, 0) is 46.6 Å². The third kappa shape index (κ3) is 6.63. The highest BCUT2D eigenvalue weighted by molar-refractivity contribution is 5.68. The molecule has 0 aliphatic heterocycles. The molecular weight excluding hydrogens is 264 g/mol. The van der Waals surface area contributed by atoms with Gasteiger partial charge in [-0.25, -0.2) is 4.79 Å². The Morgan fingerprint density at radius 3 is 2.29 bits per heavy atom. The Labute approximate surface area is 128 Å². The number of benzene rings is 1. The Hall–Kier alpha value is -1.55. The van der Waals surface area contributed by atoms with Gasteiger partial charge >= 0.3 is 6.09 Å². The minimum Gasteiger partial charge on any atom is -0.444 e. The van der Waals surface area contributed by atoms with Crippen molar-refractivity contribution in [1.82, 2.24) is 4.90 Å². The number of rotatable bonds is 5. The maximum Gasteiger partial charge on any atom is 0.410 e. The molecule has 0 saturated heterocycles. The summed E-state index contributed by atoms with van der Waals surface area (Å²) < 4.78 is 5.44. The zero-order chi connectivity index (χ0) is 16.0. The molecule has 1 aromatic rings. The molecule has 2 N–H and O–H groups in total. The summed E-state index contributed by atoms with van der Waals surface area (Å²) in [7, 11) is 0. The summed E-state index contributed by atoms with van der Waals surface area (Å²) in [5.74, 6) is 0. The molecule has 1 aromatic carbocycles. The average Bonchev–Trinajstić information content (AvgIpc) is 2.34. The Morgan fingerprint density at radius 1 is 1.24 bits per heavy atom. The van der Waals surface area contributed by atoms with Crippen LogP contribution in [0.2, 0.25) is 0 Å². The Bertz CT molecular complexity index is 438. The van der Waals surface area contributed by atoms with Crippen LogP contribution >= 0.6 is 0 Å². The smallest absolute Gasteiger partial charge is 0.410 e. The lowest BCUT2D eigenvalue weighted by Crippen LogP contribution is -2.47. The van der Waals surface area contributed by atoms with Crippen molar-refractivity contribution in [2.45, 2.75) is 58.7 Å². The van der Waals surface area contributed by atoms with E-state index >= 15 is 0 Å². The van der Waals surface area contributed by atoms with Crippen LogP contribution in [0.25, 0.3) is 0 Å². The zero-order valence-corrected chi connectivity index (χ0v) is 13.8. The molecule has 4 nitrogen and oxygen atoms in total. The summed E-state index contributed by atoms with van der Waals surface area (Å²) >= 11 is 0. The second kappa shape index (κ2) is 7.46. The van der Waals surface area contributed by atoms with Crippen molar-refractivity contribution in [1.29, 1.82) is 0 Å². The van der Waals surface area contributed by atoms with E-state index in [0.29, 0.717) is 6.54 Å². The topological polar surface area (TPSA) is 55.6 Å². The molecule has 4 heteroatoms. The number of amides is 1.